The molecule has 0 spiro atoms. The number of fused-ring (bicyclic) bond motifs is 1. The largest absolute Gasteiger partial charge is 0.434 e. The van der Waals surface area contributed by atoms with Crippen molar-refractivity contribution in [2.75, 3.05) is 30.0 Å². The van der Waals surface area contributed by atoms with E-state index in [1.807, 2.05) is 6.92 Å². The van der Waals surface area contributed by atoms with Crippen LogP contribution in [0.15, 0.2) is 47.9 Å². The molecular weight excluding hydrogens is 506 g/mol. The number of thioether (sulfide) groups is 1. The van der Waals surface area contributed by atoms with Crippen molar-refractivity contribution in [3.63, 3.8) is 0 Å². The highest BCUT2D eigenvalue weighted by Gasteiger charge is 2.23. The zero-order valence-corrected chi connectivity index (χ0v) is 20.8. The van der Waals surface area contributed by atoms with Gasteiger partial charge in [-0.3, -0.25) is 14.3 Å². The quantitative estimate of drug-likeness (QED) is 0.188. The maximum Gasteiger partial charge on any atom is 0.387 e. The smallest absolute Gasteiger partial charge is 0.387 e. The minimum atomic E-state index is -3.12. The molecule has 11 nitrogen and oxygen atoms in total. The summed E-state index contributed by atoms with van der Waals surface area (Å²) in [6.45, 7) is -0.182. The summed E-state index contributed by atoms with van der Waals surface area (Å²) in [5.74, 6) is -0.0436. The second kappa shape index (κ2) is 11.8. The molecule has 0 atom stereocenters. The summed E-state index contributed by atoms with van der Waals surface area (Å²) < 4.78 is 34.6. The topological polar surface area (TPSA) is 127 Å². The Bertz CT molecular complexity index is 1410. The molecule has 2 amide bonds. The highest BCUT2D eigenvalue weighted by molar-refractivity contribution is 7.99. The number of anilines is 2. The summed E-state index contributed by atoms with van der Waals surface area (Å²) >= 11 is 1.40. The van der Waals surface area contributed by atoms with Gasteiger partial charge in [-0.05, 0) is 24.9 Å². The van der Waals surface area contributed by atoms with E-state index in [0.717, 1.165) is 0 Å². The molecule has 0 unspecified atom stereocenters. The minimum absolute atomic E-state index is 0.202. The van der Waals surface area contributed by atoms with E-state index in [1.165, 1.54) is 28.5 Å². The van der Waals surface area contributed by atoms with Gasteiger partial charge in [0.25, 0.3) is 5.91 Å². The standard InChI is InChI=1S/C23H24F2N8O3S/c1-3-37-19-9-14(18(36-23(24)25)10-16(19)28-13-34)20-17(12-32(31-20)8-6-26-2)30-22(35)15-11-29-33-7-4-5-27-21(15)33/h4-5,7,9-13,23,26H,3,6,8H2,1-2H3,(H,28,34)(H,30,35). The summed E-state index contributed by atoms with van der Waals surface area (Å²) in [6, 6.07) is 4.61. The van der Waals surface area contributed by atoms with E-state index in [1.54, 1.807) is 42.5 Å². The van der Waals surface area contributed by atoms with E-state index in [2.05, 4.69) is 31.1 Å². The predicted molar refractivity (Wildman–Crippen MR) is 135 cm³/mol. The summed E-state index contributed by atoms with van der Waals surface area (Å²) in [5.41, 5.74) is 1.63. The zero-order valence-electron chi connectivity index (χ0n) is 19.9. The SMILES string of the molecule is CCSc1cc(-c2nn(CCNC)cc2NC(=O)c2cnn3cccnc23)c(OC(F)F)cc1NC=O. The van der Waals surface area contributed by atoms with Gasteiger partial charge in [0.15, 0.2) is 5.65 Å². The van der Waals surface area contributed by atoms with Crippen LogP contribution in [0.25, 0.3) is 16.9 Å². The second-order valence-corrected chi connectivity index (χ2v) is 8.88. The van der Waals surface area contributed by atoms with Crippen molar-refractivity contribution in [2.24, 2.45) is 0 Å². The third kappa shape index (κ3) is 5.86. The molecule has 3 heterocycles. The molecule has 3 aromatic heterocycles. The normalized spacial score (nSPS) is 11.2. The van der Waals surface area contributed by atoms with Gasteiger partial charge in [-0.15, -0.1) is 11.8 Å². The third-order valence-electron chi connectivity index (χ3n) is 5.19. The van der Waals surface area contributed by atoms with Crippen LogP contribution in [0.5, 0.6) is 5.75 Å². The fourth-order valence-electron chi connectivity index (χ4n) is 3.62. The summed E-state index contributed by atoms with van der Waals surface area (Å²) in [7, 11) is 1.78. The van der Waals surface area contributed by atoms with Crippen molar-refractivity contribution < 1.29 is 23.1 Å². The number of likely N-dealkylation sites (N-methyl/N-ethyl adjacent to an activating group) is 1. The average Bonchev–Trinajstić information content (AvgIpc) is 3.48. The number of amides is 2. The Kier molecular flexibility index (Phi) is 8.30. The maximum atomic E-state index is 13.4. The van der Waals surface area contributed by atoms with Crippen LogP contribution in [0.4, 0.5) is 20.2 Å². The molecule has 0 aliphatic carbocycles. The number of carbonyl (C=O) groups is 2. The van der Waals surface area contributed by atoms with Gasteiger partial charge >= 0.3 is 6.61 Å². The van der Waals surface area contributed by atoms with Gasteiger partial charge in [0.1, 0.15) is 17.0 Å². The number of rotatable bonds is 12. The molecule has 0 radical (unpaired) electrons. The third-order valence-corrected chi connectivity index (χ3v) is 6.13. The molecule has 37 heavy (non-hydrogen) atoms. The molecule has 3 N–H and O–H groups in total. The number of nitrogens with zero attached hydrogens (tertiary/aromatic N) is 5. The van der Waals surface area contributed by atoms with Gasteiger partial charge in [-0.25, -0.2) is 9.50 Å². The molecule has 0 aliphatic heterocycles. The van der Waals surface area contributed by atoms with Crippen LogP contribution < -0.4 is 20.7 Å². The number of hydrogen-bond donors (Lipinski definition) is 3. The fraction of sp³-hybridized carbons (Fsp3) is 0.261. The van der Waals surface area contributed by atoms with Crippen LogP contribution in [0.3, 0.4) is 0 Å². The molecule has 14 heteroatoms. The first-order valence-corrected chi connectivity index (χ1v) is 12.2. The van der Waals surface area contributed by atoms with E-state index in [4.69, 9.17) is 4.74 Å². The first-order chi connectivity index (χ1) is 17.9. The van der Waals surface area contributed by atoms with Crippen molar-refractivity contribution in [2.45, 2.75) is 25.0 Å². The summed E-state index contributed by atoms with van der Waals surface area (Å²) in [6.07, 6.45) is 6.67. The van der Waals surface area contributed by atoms with Gasteiger partial charge in [-0.2, -0.15) is 19.0 Å². The number of halogens is 2. The van der Waals surface area contributed by atoms with Gasteiger partial charge in [0.2, 0.25) is 6.41 Å². The van der Waals surface area contributed by atoms with E-state index < -0.39 is 12.5 Å². The van der Waals surface area contributed by atoms with Crippen molar-refractivity contribution in [1.29, 1.82) is 0 Å². The molecule has 0 aliphatic rings. The molecule has 4 rings (SSSR count). The van der Waals surface area contributed by atoms with Gasteiger partial charge in [0.05, 0.1) is 24.1 Å². The highest BCUT2D eigenvalue weighted by atomic mass is 32.2. The highest BCUT2D eigenvalue weighted by Crippen LogP contribution is 2.42. The predicted octanol–water partition coefficient (Wildman–Crippen LogP) is 3.35. The minimum Gasteiger partial charge on any atom is -0.434 e. The lowest BCUT2D eigenvalue weighted by Gasteiger charge is -2.16. The second-order valence-electron chi connectivity index (χ2n) is 7.58. The Hall–Kier alpha value is -4.04. The van der Waals surface area contributed by atoms with Crippen LogP contribution in [-0.4, -0.2) is 62.7 Å². The Morgan fingerprint density at radius 1 is 1.30 bits per heavy atom. The summed E-state index contributed by atoms with van der Waals surface area (Å²) in [5, 5.41) is 17.1. The number of benzene rings is 1. The van der Waals surface area contributed by atoms with Crippen LogP contribution in [0.2, 0.25) is 0 Å². The number of nitrogens with one attached hydrogen (secondary N) is 3. The van der Waals surface area contributed by atoms with Gasteiger partial charge in [0, 0.05) is 41.7 Å². The molecule has 4 aromatic rings. The van der Waals surface area contributed by atoms with Gasteiger partial charge < -0.3 is 20.7 Å². The molecule has 0 bridgehead atoms. The molecule has 0 saturated carbocycles. The molecule has 0 fully saturated rings. The molecular formula is C23H24F2N8O3S. The monoisotopic (exact) mass is 530 g/mol. The number of ether oxygens (including phenoxy) is 1. The molecule has 194 valence electrons. The van der Waals surface area contributed by atoms with Crippen LogP contribution in [-0.2, 0) is 11.3 Å². The lowest BCUT2D eigenvalue weighted by molar-refractivity contribution is -0.105. The van der Waals surface area contributed by atoms with Crippen LogP contribution in [0, 0.1) is 0 Å². The number of carbonyl (C=O) groups excluding carboxylic acids is 2. The first-order valence-electron chi connectivity index (χ1n) is 11.2. The lowest BCUT2D eigenvalue weighted by Crippen LogP contribution is -2.15. The average molecular weight is 531 g/mol. The van der Waals surface area contributed by atoms with E-state index in [0.29, 0.717) is 41.5 Å². The first kappa shape index (κ1) is 26.0. The van der Waals surface area contributed by atoms with E-state index in [-0.39, 0.29) is 28.3 Å². The van der Waals surface area contributed by atoms with E-state index >= 15 is 0 Å². The number of aromatic nitrogens is 5. The Morgan fingerprint density at radius 2 is 2.14 bits per heavy atom. The Morgan fingerprint density at radius 3 is 2.86 bits per heavy atom. The number of alkyl halides is 2. The molecule has 1 aromatic carbocycles. The van der Waals surface area contributed by atoms with Crippen molar-refractivity contribution in [1.82, 2.24) is 29.7 Å². The van der Waals surface area contributed by atoms with Crippen molar-refractivity contribution in [3.05, 3.63) is 48.5 Å². The molecule has 0 saturated heterocycles. The summed E-state index contributed by atoms with van der Waals surface area (Å²) in [4.78, 5) is 29.2. The van der Waals surface area contributed by atoms with Crippen molar-refractivity contribution in [3.8, 4) is 17.0 Å². The van der Waals surface area contributed by atoms with Crippen LogP contribution in [0.1, 0.15) is 17.3 Å². The van der Waals surface area contributed by atoms with Crippen LogP contribution >= 0.6 is 11.8 Å². The fourth-order valence-corrected chi connectivity index (χ4v) is 4.40. The van der Waals surface area contributed by atoms with Gasteiger partial charge in [-0.1, -0.05) is 6.92 Å². The van der Waals surface area contributed by atoms with Crippen molar-refractivity contribution >= 4 is 41.1 Å². The maximum absolute atomic E-state index is 13.4. The number of hydrogen-bond acceptors (Lipinski definition) is 8. The zero-order chi connectivity index (χ0) is 26.4. The Balaban J connectivity index is 1.81. The Labute approximate surface area is 214 Å². The lowest BCUT2D eigenvalue weighted by atomic mass is 10.1. The van der Waals surface area contributed by atoms with E-state index in [9.17, 15) is 18.4 Å².